The summed E-state index contributed by atoms with van der Waals surface area (Å²) in [7, 11) is 0. The van der Waals surface area contributed by atoms with Crippen molar-refractivity contribution in [1.29, 1.82) is 0 Å². The van der Waals surface area contributed by atoms with E-state index in [4.69, 9.17) is 4.42 Å². The molecule has 3 aromatic heterocycles. The van der Waals surface area contributed by atoms with Crippen molar-refractivity contribution >= 4 is 0 Å². The predicted octanol–water partition coefficient (Wildman–Crippen LogP) is 3.43. The number of rotatable bonds is 4. The van der Waals surface area contributed by atoms with Crippen molar-refractivity contribution in [3.05, 3.63) is 48.0 Å². The first-order valence-corrected chi connectivity index (χ1v) is 10.4. The monoisotopic (exact) mass is 378 g/mol. The molecule has 2 aliphatic rings. The van der Waals surface area contributed by atoms with E-state index < -0.39 is 0 Å². The molecule has 0 aliphatic carbocycles. The van der Waals surface area contributed by atoms with Gasteiger partial charge in [-0.3, -0.25) is 4.90 Å². The van der Waals surface area contributed by atoms with Crippen LogP contribution in [-0.2, 0) is 19.5 Å². The van der Waals surface area contributed by atoms with Crippen LogP contribution in [0.3, 0.4) is 0 Å². The largest absolute Gasteiger partial charge is 0.461 e. The van der Waals surface area contributed by atoms with Crippen LogP contribution in [0.15, 0.2) is 35.2 Å². The summed E-state index contributed by atoms with van der Waals surface area (Å²) >= 11 is 0. The fourth-order valence-corrected chi connectivity index (χ4v) is 4.39. The number of aromatic nitrogens is 5. The van der Waals surface area contributed by atoms with Gasteiger partial charge in [0.15, 0.2) is 11.6 Å². The Kier molecular flexibility index (Phi) is 4.91. The molecular formula is C21H26N6O. The molecule has 0 bridgehead atoms. The second kappa shape index (κ2) is 7.83. The standard InChI is InChI=1S/C21H26N6O/c1-2-6-19-24-25-21(27(19)9-3-1)17-7-10-26(11-8-17)15-16-13-22-20(23-14-16)18-5-4-12-28-18/h4-5,12-14,17H,1-3,6-11,15H2. The average Bonchev–Trinajstić information content (AvgIpc) is 3.35. The van der Waals surface area contributed by atoms with Crippen LogP contribution in [0.2, 0.25) is 0 Å². The third-order valence-corrected chi connectivity index (χ3v) is 5.94. The number of aryl methyl sites for hydroxylation is 1. The summed E-state index contributed by atoms with van der Waals surface area (Å²) < 4.78 is 7.77. The maximum atomic E-state index is 5.36. The molecule has 5 heterocycles. The summed E-state index contributed by atoms with van der Waals surface area (Å²) in [4.78, 5) is 11.4. The van der Waals surface area contributed by atoms with Crippen LogP contribution in [0.4, 0.5) is 0 Å². The van der Waals surface area contributed by atoms with Gasteiger partial charge in [0.1, 0.15) is 11.6 Å². The van der Waals surface area contributed by atoms with Gasteiger partial charge in [0.25, 0.3) is 0 Å². The van der Waals surface area contributed by atoms with Crippen molar-refractivity contribution < 1.29 is 4.42 Å². The molecule has 146 valence electrons. The van der Waals surface area contributed by atoms with Gasteiger partial charge in [0.05, 0.1) is 6.26 Å². The second-order valence-corrected chi connectivity index (χ2v) is 7.88. The van der Waals surface area contributed by atoms with Crippen molar-refractivity contribution in [2.75, 3.05) is 13.1 Å². The number of hydrogen-bond donors (Lipinski definition) is 0. The van der Waals surface area contributed by atoms with Crippen LogP contribution < -0.4 is 0 Å². The summed E-state index contributed by atoms with van der Waals surface area (Å²) in [5, 5.41) is 9.05. The van der Waals surface area contributed by atoms with Gasteiger partial charge in [-0.1, -0.05) is 6.42 Å². The smallest absolute Gasteiger partial charge is 0.195 e. The Morgan fingerprint density at radius 3 is 2.64 bits per heavy atom. The van der Waals surface area contributed by atoms with Gasteiger partial charge in [0, 0.05) is 43.4 Å². The van der Waals surface area contributed by atoms with Crippen LogP contribution in [-0.4, -0.2) is 42.7 Å². The number of likely N-dealkylation sites (tertiary alicyclic amines) is 1. The normalized spacial score (nSPS) is 18.7. The summed E-state index contributed by atoms with van der Waals surface area (Å²) in [5.74, 6) is 4.30. The number of furan rings is 1. The number of piperidine rings is 1. The lowest BCUT2D eigenvalue weighted by Gasteiger charge is -2.31. The Labute approximate surface area is 164 Å². The van der Waals surface area contributed by atoms with Crippen LogP contribution in [0.5, 0.6) is 0 Å². The zero-order valence-corrected chi connectivity index (χ0v) is 16.1. The van der Waals surface area contributed by atoms with E-state index in [0.717, 1.165) is 51.0 Å². The first-order chi connectivity index (χ1) is 13.9. The summed E-state index contributed by atoms with van der Waals surface area (Å²) in [6, 6.07) is 3.73. The number of hydrogen-bond acceptors (Lipinski definition) is 6. The van der Waals surface area contributed by atoms with Gasteiger partial charge >= 0.3 is 0 Å². The van der Waals surface area contributed by atoms with Crippen LogP contribution in [0, 0.1) is 0 Å². The van der Waals surface area contributed by atoms with Gasteiger partial charge in [0.2, 0.25) is 0 Å². The fraction of sp³-hybridized carbons (Fsp3) is 0.524. The van der Waals surface area contributed by atoms with E-state index >= 15 is 0 Å². The molecule has 0 radical (unpaired) electrons. The summed E-state index contributed by atoms with van der Waals surface area (Å²) in [5.41, 5.74) is 1.14. The molecule has 1 fully saturated rings. The Bertz CT molecular complexity index is 894. The minimum Gasteiger partial charge on any atom is -0.461 e. The molecule has 0 N–H and O–H groups in total. The van der Waals surface area contributed by atoms with Gasteiger partial charge < -0.3 is 8.98 Å². The number of nitrogens with zero attached hydrogens (tertiary/aromatic N) is 6. The van der Waals surface area contributed by atoms with Crippen LogP contribution in [0.25, 0.3) is 11.6 Å². The zero-order valence-electron chi connectivity index (χ0n) is 16.1. The highest BCUT2D eigenvalue weighted by atomic mass is 16.3. The van der Waals surface area contributed by atoms with Gasteiger partial charge in [-0.15, -0.1) is 10.2 Å². The molecule has 28 heavy (non-hydrogen) atoms. The maximum Gasteiger partial charge on any atom is 0.195 e. The topological polar surface area (TPSA) is 72.9 Å². The van der Waals surface area contributed by atoms with E-state index in [9.17, 15) is 0 Å². The molecule has 7 nitrogen and oxygen atoms in total. The lowest BCUT2D eigenvalue weighted by Crippen LogP contribution is -2.33. The van der Waals surface area contributed by atoms with Gasteiger partial charge in [-0.2, -0.15) is 0 Å². The van der Waals surface area contributed by atoms with Crippen molar-refractivity contribution in [3.63, 3.8) is 0 Å². The molecule has 3 aromatic rings. The minimum absolute atomic E-state index is 0.535. The zero-order chi connectivity index (χ0) is 18.8. The number of fused-ring (bicyclic) bond motifs is 1. The van der Waals surface area contributed by atoms with Crippen molar-refractivity contribution in [2.24, 2.45) is 0 Å². The SMILES string of the molecule is c1coc(-c2ncc(CN3CCC(c4nnc5n4CCCCC5)CC3)cn2)c1. The molecule has 0 unspecified atom stereocenters. The second-order valence-electron chi connectivity index (χ2n) is 7.88. The lowest BCUT2D eigenvalue weighted by atomic mass is 9.95. The Hall–Kier alpha value is -2.54. The quantitative estimate of drug-likeness (QED) is 0.692. The lowest BCUT2D eigenvalue weighted by molar-refractivity contribution is 0.199. The first kappa shape index (κ1) is 17.6. The Morgan fingerprint density at radius 1 is 1.00 bits per heavy atom. The van der Waals surface area contributed by atoms with E-state index in [-0.39, 0.29) is 0 Å². The molecule has 0 spiro atoms. The highest BCUT2D eigenvalue weighted by molar-refractivity contribution is 5.45. The molecule has 0 aromatic carbocycles. The molecule has 1 saturated heterocycles. The molecule has 0 amide bonds. The fourth-order valence-electron chi connectivity index (χ4n) is 4.39. The van der Waals surface area contributed by atoms with Crippen molar-refractivity contribution in [1.82, 2.24) is 29.6 Å². The highest BCUT2D eigenvalue weighted by Crippen LogP contribution is 2.29. The molecular weight excluding hydrogens is 352 g/mol. The Morgan fingerprint density at radius 2 is 1.86 bits per heavy atom. The first-order valence-electron chi connectivity index (χ1n) is 10.4. The van der Waals surface area contributed by atoms with E-state index in [1.54, 1.807) is 6.26 Å². The summed E-state index contributed by atoms with van der Waals surface area (Å²) in [6.45, 7) is 4.14. The van der Waals surface area contributed by atoms with Crippen molar-refractivity contribution in [3.8, 4) is 11.6 Å². The average molecular weight is 378 g/mol. The van der Waals surface area contributed by atoms with Crippen LogP contribution in [0.1, 0.15) is 55.2 Å². The van der Waals surface area contributed by atoms with Crippen LogP contribution >= 0.6 is 0 Å². The summed E-state index contributed by atoms with van der Waals surface area (Å²) in [6.07, 6.45) is 12.6. The molecule has 7 heteroatoms. The van der Waals surface area contributed by atoms with E-state index in [0.29, 0.717) is 17.5 Å². The van der Waals surface area contributed by atoms with E-state index in [1.807, 2.05) is 24.5 Å². The maximum absolute atomic E-state index is 5.36. The Balaban J connectivity index is 1.19. The predicted molar refractivity (Wildman–Crippen MR) is 105 cm³/mol. The molecule has 0 atom stereocenters. The van der Waals surface area contributed by atoms with Gasteiger partial charge in [-0.25, -0.2) is 9.97 Å². The minimum atomic E-state index is 0.535. The molecule has 0 saturated carbocycles. The van der Waals surface area contributed by atoms with Crippen molar-refractivity contribution in [2.45, 2.75) is 57.5 Å². The van der Waals surface area contributed by atoms with E-state index in [1.165, 1.54) is 30.9 Å². The third-order valence-electron chi connectivity index (χ3n) is 5.94. The van der Waals surface area contributed by atoms with Gasteiger partial charge in [-0.05, 0) is 50.9 Å². The molecule has 2 aliphatic heterocycles. The third kappa shape index (κ3) is 3.58. The van der Waals surface area contributed by atoms with E-state index in [2.05, 4.69) is 29.6 Å². The molecule has 5 rings (SSSR count). The highest BCUT2D eigenvalue weighted by Gasteiger charge is 2.26.